The summed E-state index contributed by atoms with van der Waals surface area (Å²) >= 11 is 5.98. The number of rotatable bonds is 4. The summed E-state index contributed by atoms with van der Waals surface area (Å²) in [5.74, 6) is 2.38. The Morgan fingerprint density at radius 3 is 3.00 bits per heavy atom. The first-order valence-electron chi connectivity index (χ1n) is 7.38. The Morgan fingerprint density at radius 1 is 1.48 bits per heavy atom. The van der Waals surface area contributed by atoms with E-state index in [-0.39, 0.29) is 5.54 Å². The SMILES string of the molecule is COc1cccc2c1nc(CCCl)n2C1(C)CCCOC1. The van der Waals surface area contributed by atoms with Crippen LogP contribution in [0.2, 0.25) is 0 Å². The second-order valence-corrected chi connectivity index (χ2v) is 6.16. The van der Waals surface area contributed by atoms with Crippen molar-refractivity contribution in [2.24, 2.45) is 0 Å². The minimum Gasteiger partial charge on any atom is -0.494 e. The maximum absolute atomic E-state index is 5.98. The molecular formula is C16H21ClN2O2. The predicted octanol–water partition coefficient (Wildman–Crippen LogP) is 3.35. The van der Waals surface area contributed by atoms with Crippen molar-refractivity contribution >= 4 is 22.6 Å². The smallest absolute Gasteiger partial charge is 0.146 e. The average molecular weight is 309 g/mol. The normalized spacial score (nSPS) is 22.6. The van der Waals surface area contributed by atoms with Crippen molar-refractivity contribution in [3.05, 3.63) is 24.0 Å². The standard InChI is InChI=1S/C16H21ClN2O2/c1-16(8-4-10-21-11-16)19-12-5-3-6-13(20-2)15(12)18-14(19)7-9-17/h3,5-6H,4,7-11H2,1-2H3. The molecule has 2 heterocycles. The lowest BCUT2D eigenvalue weighted by Gasteiger charge is -2.36. The topological polar surface area (TPSA) is 36.3 Å². The number of alkyl halides is 1. The highest BCUT2D eigenvalue weighted by atomic mass is 35.5. The third-order valence-corrected chi connectivity index (χ3v) is 4.40. The van der Waals surface area contributed by atoms with Gasteiger partial charge in [0.05, 0.1) is 24.8 Å². The molecule has 0 radical (unpaired) electrons. The molecule has 0 bridgehead atoms. The number of imidazole rings is 1. The van der Waals surface area contributed by atoms with Crippen molar-refractivity contribution in [2.75, 3.05) is 26.2 Å². The molecular weight excluding hydrogens is 288 g/mol. The van der Waals surface area contributed by atoms with Crippen LogP contribution in [0.15, 0.2) is 18.2 Å². The van der Waals surface area contributed by atoms with Gasteiger partial charge in [-0.25, -0.2) is 4.98 Å². The van der Waals surface area contributed by atoms with Crippen LogP contribution in [-0.2, 0) is 16.7 Å². The first-order chi connectivity index (χ1) is 10.2. The van der Waals surface area contributed by atoms with Gasteiger partial charge in [-0.05, 0) is 31.9 Å². The number of nitrogens with zero attached hydrogens (tertiary/aromatic N) is 2. The Labute approximate surface area is 130 Å². The fourth-order valence-electron chi connectivity index (χ4n) is 3.24. The number of aromatic nitrogens is 2. The van der Waals surface area contributed by atoms with E-state index in [1.807, 2.05) is 12.1 Å². The summed E-state index contributed by atoms with van der Waals surface area (Å²) in [6.07, 6.45) is 2.90. The van der Waals surface area contributed by atoms with Crippen LogP contribution in [-0.4, -0.2) is 35.8 Å². The van der Waals surface area contributed by atoms with Crippen molar-refractivity contribution in [2.45, 2.75) is 31.7 Å². The molecule has 3 rings (SSSR count). The van der Waals surface area contributed by atoms with E-state index in [2.05, 4.69) is 17.6 Å². The first kappa shape index (κ1) is 14.7. The van der Waals surface area contributed by atoms with E-state index in [9.17, 15) is 0 Å². The van der Waals surface area contributed by atoms with E-state index in [0.717, 1.165) is 48.5 Å². The van der Waals surface area contributed by atoms with E-state index in [1.54, 1.807) is 7.11 Å². The molecule has 2 aromatic rings. The number of ether oxygens (including phenoxy) is 2. The molecule has 0 N–H and O–H groups in total. The summed E-state index contributed by atoms with van der Waals surface area (Å²) in [6.45, 7) is 3.80. The van der Waals surface area contributed by atoms with Crippen molar-refractivity contribution in [1.82, 2.24) is 9.55 Å². The Morgan fingerprint density at radius 2 is 2.33 bits per heavy atom. The monoisotopic (exact) mass is 308 g/mol. The van der Waals surface area contributed by atoms with Gasteiger partial charge in [0.1, 0.15) is 17.1 Å². The van der Waals surface area contributed by atoms with Gasteiger partial charge in [-0.15, -0.1) is 11.6 Å². The van der Waals surface area contributed by atoms with Crippen molar-refractivity contribution in [1.29, 1.82) is 0 Å². The van der Waals surface area contributed by atoms with Crippen LogP contribution >= 0.6 is 11.6 Å². The van der Waals surface area contributed by atoms with Gasteiger partial charge >= 0.3 is 0 Å². The van der Waals surface area contributed by atoms with Crippen molar-refractivity contribution in [3.8, 4) is 5.75 Å². The molecule has 1 aliphatic rings. The molecule has 1 saturated heterocycles. The number of hydrogen-bond donors (Lipinski definition) is 0. The quantitative estimate of drug-likeness (QED) is 0.813. The van der Waals surface area contributed by atoms with Crippen LogP contribution < -0.4 is 4.74 Å². The molecule has 0 amide bonds. The summed E-state index contributed by atoms with van der Waals surface area (Å²) in [5, 5.41) is 0. The number of methoxy groups -OCH3 is 1. The maximum Gasteiger partial charge on any atom is 0.146 e. The van der Waals surface area contributed by atoms with E-state index in [1.165, 1.54) is 0 Å². The van der Waals surface area contributed by atoms with Gasteiger partial charge in [-0.3, -0.25) is 0 Å². The molecule has 1 atom stereocenters. The minimum absolute atomic E-state index is 0.0687. The molecule has 114 valence electrons. The highest BCUT2D eigenvalue weighted by molar-refractivity contribution is 6.17. The number of para-hydroxylation sites is 1. The van der Waals surface area contributed by atoms with Crippen molar-refractivity contribution in [3.63, 3.8) is 0 Å². The van der Waals surface area contributed by atoms with E-state index in [0.29, 0.717) is 12.5 Å². The molecule has 0 aliphatic carbocycles. The second-order valence-electron chi connectivity index (χ2n) is 5.78. The molecule has 1 fully saturated rings. The van der Waals surface area contributed by atoms with Gasteiger partial charge in [0.25, 0.3) is 0 Å². The second kappa shape index (κ2) is 5.85. The Hall–Kier alpha value is -1.26. The zero-order chi connectivity index (χ0) is 14.9. The van der Waals surface area contributed by atoms with Crippen molar-refractivity contribution < 1.29 is 9.47 Å². The largest absolute Gasteiger partial charge is 0.494 e. The number of fused-ring (bicyclic) bond motifs is 1. The summed E-state index contributed by atoms with van der Waals surface area (Å²) < 4.78 is 13.5. The Balaban J connectivity index is 2.20. The molecule has 1 aliphatic heterocycles. The highest BCUT2D eigenvalue weighted by Crippen LogP contribution is 2.35. The van der Waals surface area contributed by atoms with Gasteiger partial charge in [-0.2, -0.15) is 0 Å². The number of aryl methyl sites for hydroxylation is 1. The number of hydrogen-bond acceptors (Lipinski definition) is 3. The van der Waals surface area contributed by atoms with Crippen LogP contribution in [0.1, 0.15) is 25.6 Å². The fraction of sp³-hybridized carbons (Fsp3) is 0.562. The molecule has 0 saturated carbocycles. The maximum atomic E-state index is 5.98. The molecule has 1 aromatic heterocycles. The molecule has 21 heavy (non-hydrogen) atoms. The fourth-order valence-corrected chi connectivity index (χ4v) is 3.41. The zero-order valence-corrected chi connectivity index (χ0v) is 13.3. The van der Waals surface area contributed by atoms with E-state index in [4.69, 9.17) is 26.1 Å². The van der Waals surface area contributed by atoms with Crippen LogP contribution in [0.5, 0.6) is 5.75 Å². The van der Waals surface area contributed by atoms with E-state index >= 15 is 0 Å². The minimum atomic E-state index is -0.0687. The molecule has 1 aromatic carbocycles. The summed E-state index contributed by atoms with van der Waals surface area (Å²) in [6, 6.07) is 6.06. The molecule has 4 nitrogen and oxygen atoms in total. The van der Waals surface area contributed by atoms with Crippen LogP contribution in [0.4, 0.5) is 0 Å². The molecule has 0 spiro atoms. The van der Waals surface area contributed by atoms with Gasteiger partial charge in [-0.1, -0.05) is 6.07 Å². The summed E-state index contributed by atoms with van der Waals surface area (Å²) in [7, 11) is 1.68. The van der Waals surface area contributed by atoms with Crippen LogP contribution in [0.3, 0.4) is 0 Å². The summed E-state index contributed by atoms with van der Waals surface area (Å²) in [4.78, 5) is 4.79. The third kappa shape index (κ3) is 2.51. The molecule has 5 heteroatoms. The third-order valence-electron chi connectivity index (χ3n) is 4.21. The van der Waals surface area contributed by atoms with Crippen LogP contribution in [0.25, 0.3) is 11.0 Å². The lowest BCUT2D eigenvalue weighted by atomic mass is 9.94. The van der Waals surface area contributed by atoms with Gasteiger partial charge < -0.3 is 14.0 Å². The van der Waals surface area contributed by atoms with Gasteiger partial charge in [0.2, 0.25) is 0 Å². The highest BCUT2D eigenvalue weighted by Gasteiger charge is 2.33. The Kier molecular flexibility index (Phi) is 4.09. The number of halogens is 1. The summed E-state index contributed by atoms with van der Waals surface area (Å²) in [5.41, 5.74) is 1.94. The Bertz CT molecular complexity index is 632. The van der Waals surface area contributed by atoms with Crippen LogP contribution in [0, 0.1) is 0 Å². The lowest BCUT2D eigenvalue weighted by Crippen LogP contribution is -2.40. The van der Waals surface area contributed by atoms with E-state index < -0.39 is 0 Å². The average Bonchev–Trinajstić information content (AvgIpc) is 2.87. The van der Waals surface area contributed by atoms with Gasteiger partial charge in [0.15, 0.2) is 0 Å². The van der Waals surface area contributed by atoms with Gasteiger partial charge in [0, 0.05) is 18.9 Å². The first-order valence-corrected chi connectivity index (χ1v) is 7.91. The molecule has 1 unspecified atom stereocenters. The zero-order valence-electron chi connectivity index (χ0n) is 12.6. The number of benzene rings is 1. The lowest BCUT2D eigenvalue weighted by molar-refractivity contribution is 0.0102. The predicted molar refractivity (Wildman–Crippen MR) is 84.4 cm³/mol.